The van der Waals surface area contributed by atoms with Crippen molar-refractivity contribution < 1.29 is 27.4 Å². The summed E-state index contributed by atoms with van der Waals surface area (Å²) in [6.45, 7) is 0.614. The van der Waals surface area contributed by atoms with Crippen molar-refractivity contribution in [1.82, 2.24) is 9.97 Å². The third-order valence-corrected chi connectivity index (χ3v) is 6.03. The quantitative estimate of drug-likeness (QED) is 0.712. The maximum Gasteiger partial charge on any atom is 0.249 e. The van der Waals surface area contributed by atoms with Gasteiger partial charge in [0, 0.05) is 36.6 Å². The van der Waals surface area contributed by atoms with Crippen molar-refractivity contribution in [3.05, 3.63) is 35.5 Å². The molecule has 1 aromatic heterocycles. The smallest absolute Gasteiger partial charge is 0.249 e. The number of rotatable bonds is 3. The Morgan fingerprint density at radius 3 is 2.84 bits per heavy atom. The molecule has 31 heavy (non-hydrogen) atoms. The van der Waals surface area contributed by atoms with Crippen LogP contribution in [0.1, 0.15) is 37.2 Å². The molecule has 3 aliphatic rings. The predicted molar refractivity (Wildman–Crippen MR) is 105 cm³/mol. The number of aromatic nitrogens is 2. The number of alkyl halides is 2. The molecule has 0 radical (unpaired) electrons. The van der Waals surface area contributed by atoms with Gasteiger partial charge in [-0.15, -0.1) is 0 Å². The van der Waals surface area contributed by atoms with Crippen molar-refractivity contribution in [1.29, 1.82) is 0 Å². The number of anilines is 1. The molecule has 1 saturated heterocycles. The van der Waals surface area contributed by atoms with E-state index in [0.717, 1.165) is 12.3 Å². The number of aliphatic hydroxyl groups is 1. The second kappa shape index (κ2) is 7.52. The summed E-state index contributed by atoms with van der Waals surface area (Å²) in [7, 11) is 0. The fourth-order valence-corrected chi connectivity index (χ4v) is 4.41. The highest BCUT2D eigenvalue weighted by Crippen LogP contribution is 2.49. The second-order valence-corrected chi connectivity index (χ2v) is 8.18. The van der Waals surface area contributed by atoms with E-state index in [9.17, 15) is 22.7 Å². The van der Waals surface area contributed by atoms with Crippen LogP contribution in [0.5, 0.6) is 0 Å². The lowest BCUT2D eigenvalue weighted by atomic mass is 9.81. The molecule has 0 amide bonds. The molecule has 5 rings (SSSR count). The Morgan fingerprint density at radius 1 is 1.19 bits per heavy atom. The van der Waals surface area contributed by atoms with Gasteiger partial charge in [0.05, 0.1) is 24.9 Å². The monoisotopic (exact) mass is 436 g/mol. The van der Waals surface area contributed by atoms with Crippen LogP contribution in [0, 0.1) is 11.6 Å². The fourth-order valence-electron chi connectivity index (χ4n) is 4.41. The van der Waals surface area contributed by atoms with Crippen LogP contribution in [-0.4, -0.2) is 52.1 Å². The maximum atomic E-state index is 14.8. The van der Waals surface area contributed by atoms with Crippen LogP contribution in [0.15, 0.2) is 23.3 Å². The Labute approximate surface area is 175 Å². The number of nitrogens with zero attached hydrogens (tertiary/aromatic N) is 3. The average Bonchev–Trinajstić information content (AvgIpc) is 3.08. The first-order chi connectivity index (χ1) is 14.8. The molecule has 3 heterocycles. The molecule has 3 atom stereocenters. The lowest BCUT2D eigenvalue weighted by Gasteiger charge is -2.28. The van der Waals surface area contributed by atoms with Crippen molar-refractivity contribution in [2.75, 3.05) is 18.5 Å². The summed E-state index contributed by atoms with van der Waals surface area (Å²) in [6, 6.07) is 2.22. The molecular weight excluding hydrogens is 416 g/mol. The summed E-state index contributed by atoms with van der Waals surface area (Å²) in [5, 5.41) is 13.0. The van der Waals surface area contributed by atoms with Crippen molar-refractivity contribution >= 4 is 17.3 Å². The predicted octanol–water partition coefficient (Wildman–Crippen LogP) is 3.97. The lowest BCUT2D eigenvalue weighted by Crippen LogP contribution is -2.42. The summed E-state index contributed by atoms with van der Waals surface area (Å²) in [5.41, 5.74) is 0.876. The van der Waals surface area contributed by atoms with Crippen LogP contribution < -0.4 is 5.32 Å². The van der Waals surface area contributed by atoms with E-state index in [1.54, 1.807) is 0 Å². The normalized spacial score (nSPS) is 26.7. The Bertz CT molecular complexity index is 1060. The van der Waals surface area contributed by atoms with E-state index in [0.29, 0.717) is 24.3 Å². The van der Waals surface area contributed by atoms with Gasteiger partial charge in [-0.1, -0.05) is 0 Å². The summed E-state index contributed by atoms with van der Waals surface area (Å²) >= 11 is 0. The number of fused-ring (bicyclic) bond motifs is 3. The zero-order chi connectivity index (χ0) is 21.8. The summed E-state index contributed by atoms with van der Waals surface area (Å²) in [4.78, 5) is 12.3. The van der Waals surface area contributed by atoms with E-state index in [4.69, 9.17) is 4.74 Å². The Morgan fingerprint density at radius 2 is 2.03 bits per heavy atom. The number of halogens is 4. The minimum Gasteiger partial charge on any atom is -0.389 e. The zero-order valence-electron chi connectivity index (χ0n) is 16.4. The second-order valence-electron chi connectivity index (χ2n) is 8.18. The zero-order valence-corrected chi connectivity index (χ0v) is 16.4. The van der Waals surface area contributed by atoms with Crippen LogP contribution in [0.3, 0.4) is 0 Å². The lowest BCUT2D eigenvalue weighted by molar-refractivity contribution is -0.0223. The average molecular weight is 436 g/mol. The van der Waals surface area contributed by atoms with Gasteiger partial charge in [-0.2, -0.15) is 0 Å². The maximum absolute atomic E-state index is 14.8. The molecule has 1 saturated carbocycles. The van der Waals surface area contributed by atoms with Crippen molar-refractivity contribution in [3.8, 4) is 11.3 Å². The van der Waals surface area contributed by atoms with E-state index in [1.165, 1.54) is 6.07 Å². The molecule has 1 aromatic carbocycles. The van der Waals surface area contributed by atoms with Crippen LogP contribution in [-0.2, 0) is 4.74 Å². The van der Waals surface area contributed by atoms with E-state index >= 15 is 0 Å². The Balaban J connectivity index is 1.48. The first-order valence-corrected chi connectivity index (χ1v) is 10.1. The largest absolute Gasteiger partial charge is 0.389 e. The molecule has 164 valence electrons. The van der Waals surface area contributed by atoms with Gasteiger partial charge < -0.3 is 15.2 Å². The summed E-state index contributed by atoms with van der Waals surface area (Å²) < 4.78 is 62.5. The number of hydrogen-bond acceptors (Lipinski definition) is 6. The van der Waals surface area contributed by atoms with Gasteiger partial charge in [-0.25, -0.2) is 27.5 Å². The molecule has 0 spiro atoms. The molecule has 1 unspecified atom stereocenters. The SMILES string of the molecule is O[C@@H]1COCC[C@H]1Nc1ncc(F)c(-c2cc(F)c3c(c2)C2CC(F)(F)CCC2=N3)n1. The molecule has 6 nitrogen and oxygen atoms in total. The van der Waals surface area contributed by atoms with Crippen LogP contribution in [0.25, 0.3) is 11.3 Å². The van der Waals surface area contributed by atoms with Gasteiger partial charge in [0.15, 0.2) is 5.82 Å². The van der Waals surface area contributed by atoms with Crippen LogP contribution in [0.2, 0.25) is 0 Å². The van der Waals surface area contributed by atoms with Gasteiger partial charge in [0.1, 0.15) is 17.2 Å². The van der Waals surface area contributed by atoms with Crippen LogP contribution in [0.4, 0.5) is 29.2 Å². The first kappa shape index (κ1) is 20.3. The summed E-state index contributed by atoms with van der Waals surface area (Å²) in [5.74, 6) is -4.94. The minimum atomic E-state index is -2.85. The summed E-state index contributed by atoms with van der Waals surface area (Å²) in [6.07, 6.45) is 0.0522. The molecule has 2 aromatic rings. The Hall–Kier alpha value is -2.59. The highest BCUT2D eigenvalue weighted by atomic mass is 19.3. The highest BCUT2D eigenvalue weighted by molar-refractivity contribution is 5.99. The van der Waals surface area contributed by atoms with Crippen molar-refractivity contribution in [2.24, 2.45) is 4.99 Å². The van der Waals surface area contributed by atoms with E-state index in [2.05, 4.69) is 20.3 Å². The number of aliphatic imine (C=N–C) groups is 1. The molecule has 1 aliphatic carbocycles. The molecule has 10 heteroatoms. The number of hydrogen-bond donors (Lipinski definition) is 2. The number of benzene rings is 1. The standard InChI is InChI=1S/C21H20F4N4O2/c22-13-6-10(5-11-12-7-21(24,25)3-1-15(12)27-19(11)13)18-14(23)8-26-20(29-18)28-16-2-4-31-9-17(16)30/h5-6,8,12,16-17,30H,1-4,7,9H2,(H,26,28,29)/t12?,16-,17-/m1/s1. The molecule has 0 bridgehead atoms. The third-order valence-electron chi connectivity index (χ3n) is 6.03. The van der Waals surface area contributed by atoms with Gasteiger partial charge in [-0.3, -0.25) is 4.99 Å². The third kappa shape index (κ3) is 3.78. The van der Waals surface area contributed by atoms with E-state index in [1.807, 2.05) is 0 Å². The van der Waals surface area contributed by atoms with Gasteiger partial charge in [0.25, 0.3) is 0 Å². The Kier molecular flexibility index (Phi) is 4.93. The van der Waals surface area contributed by atoms with Gasteiger partial charge >= 0.3 is 0 Å². The minimum absolute atomic E-state index is 0.0413. The van der Waals surface area contributed by atoms with E-state index < -0.39 is 36.0 Å². The number of ether oxygens (including phenoxy) is 1. The van der Waals surface area contributed by atoms with Crippen molar-refractivity contribution in [2.45, 2.75) is 49.7 Å². The van der Waals surface area contributed by atoms with E-state index in [-0.39, 0.29) is 48.4 Å². The molecule has 2 N–H and O–H groups in total. The molecule has 2 fully saturated rings. The highest BCUT2D eigenvalue weighted by Gasteiger charge is 2.44. The molecular formula is C21H20F4N4O2. The van der Waals surface area contributed by atoms with Gasteiger partial charge in [0.2, 0.25) is 11.9 Å². The van der Waals surface area contributed by atoms with Crippen LogP contribution >= 0.6 is 0 Å². The number of aliphatic hydroxyl groups excluding tert-OH is 1. The van der Waals surface area contributed by atoms with Gasteiger partial charge in [-0.05, 0) is 30.5 Å². The first-order valence-electron chi connectivity index (χ1n) is 10.1. The fraction of sp³-hybridized carbons (Fsp3) is 0.476. The van der Waals surface area contributed by atoms with Crippen molar-refractivity contribution in [3.63, 3.8) is 0 Å². The topological polar surface area (TPSA) is 79.6 Å². The molecule has 2 aliphatic heterocycles. The number of nitrogens with one attached hydrogen (secondary N) is 1.